The molecular weight excluding hydrogens is 310 g/mol. The molecule has 0 unspecified atom stereocenters. The Balaban J connectivity index is 1.44. The Kier molecular flexibility index (Phi) is 5.23. The van der Waals surface area contributed by atoms with Crippen LogP contribution >= 0.6 is 34.9 Å². The number of thioether (sulfide) groups is 2. The summed E-state index contributed by atoms with van der Waals surface area (Å²) in [4.78, 5) is 5.59. The minimum atomic E-state index is 0.221. The van der Waals surface area contributed by atoms with Crippen LogP contribution in [0.25, 0.3) is 0 Å². The average molecular weight is 330 g/mol. The van der Waals surface area contributed by atoms with Gasteiger partial charge in [0.15, 0.2) is 8.68 Å². The van der Waals surface area contributed by atoms with E-state index in [2.05, 4.69) is 15.4 Å². The molecule has 0 bridgehead atoms. The Morgan fingerprint density at radius 3 is 2.75 bits per heavy atom. The Morgan fingerprint density at radius 1 is 1.20 bits per heavy atom. The molecule has 0 spiro atoms. The molecule has 2 heterocycles. The number of hydrogen-bond acceptors (Lipinski definition) is 7. The smallest absolute Gasteiger partial charge is 0.175 e. The summed E-state index contributed by atoms with van der Waals surface area (Å²) in [5, 5.41) is 12.6. The molecule has 20 heavy (non-hydrogen) atoms. The third kappa shape index (κ3) is 3.68. The fraction of sp³-hybridized carbons (Fsp3) is 0.769. The maximum atomic E-state index is 5.59. The molecule has 1 aliphatic carbocycles. The van der Waals surface area contributed by atoms with Crippen LogP contribution in [0, 0.1) is 5.92 Å². The second-order valence-electron chi connectivity index (χ2n) is 5.20. The molecule has 1 atom stereocenters. The van der Waals surface area contributed by atoms with Crippen molar-refractivity contribution in [3.8, 4) is 0 Å². The van der Waals surface area contributed by atoms with Crippen LogP contribution in [-0.4, -0.2) is 34.0 Å². The lowest BCUT2D eigenvalue weighted by Gasteiger charge is -2.20. The van der Waals surface area contributed by atoms with Gasteiger partial charge in [-0.2, -0.15) is 0 Å². The summed E-state index contributed by atoms with van der Waals surface area (Å²) in [5.41, 5.74) is 1.30. The van der Waals surface area contributed by atoms with Gasteiger partial charge in [0.05, 0.1) is 5.71 Å². The van der Waals surface area contributed by atoms with Gasteiger partial charge in [0.1, 0.15) is 6.10 Å². The van der Waals surface area contributed by atoms with Crippen molar-refractivity contribution in [3.63, 3.8) is 0 Å². The molecular formula is C13H19N3OS3. The summed E-state index contributed by atoms with van der Waals surface area (Å²) in [6, 6.07) is 0. The third-order valence-electron chi connectivity index (χ3n) is 3.79. The first-order valence-electron chi connectivity index (χ1n) is 7.08. The molecule has 0 aromatic carbocycles. The van der Waals surface area contributed by atoms with Crippen molar-refractivity contribution in [2.75, 3.05) is 12.0 Å². The molecule has 0 N–H and O–H groups in total. The minimum absolute atomic E-state index is 0.221. The molecule has 2 aliphatic rings. The fourth-order valence-corrected chi connectivity index (χ4v) is 5.16. The summed E-state index contributed by atoms with van der Waals surface area (Å²) < 4.78 is 2.06. The van der Waals surface area contributed by atoms with Gasteiger partial charge in [0.25, 0.3) is 0 Å². The Hall–Kier alpha value is -0.270. The highest BCUT2D eigenvalue weighted by atomic mass is 32.2. The van der Waals surface area contributed by atoms with Gasteiger partial charge in [-0.25, -0.2) is 0 Å². The van der Waals surface area contributed by atoms with Crippen LogP contribution in [-0.2, 0) is 4.84 Å². The van der Waals surface area contributed by atoms with E-state index in [4.69, 9.17) is 4.84 Å². The Labute approximate surface area is 132 Å². The number of aromatic nitrogens is 2. The molecule has 1 aromatic heterocycles. The van der Waals surface area contributed by atoms with E-state index in [1.165, 1.54) is 37.8 Å². The second-order valence-corrected chi connectivity index (χ2v) is 8.50. The summed E-state index contributed by atoms with van der Waals surface area (Å²) >= 11 is 5.04. The monoisotopic (exact) mass is 329 g/mol. The fourth-order valence-electron chi connectivity index (χ4n) is 2.72. The average Bonchev–Trinajstić information content (AvgIpc) is 3.15. The summed E-state index contributed by atoms with van der Waals surface area (Å²) in [5.74, 6) is 1.60. The van der Waals surface area contributed by atoms with Gasteiger partial charge in [0.2, 0.25) is 0 Å². The van der Waals surface area contributed by atoms with Crippen LogP contribution < -0.4 is 0 Å². The summed E-state index contributed by atoms with van der Waals surface area (Å²) in [6.45, 7) is 0. The van der Waals surface area contributed by atoms with Gasteiger partial charge >= 0.3 is 0 Å². The van der Waals surface area contributed by atoms with Crippen molar-refractivity contribution in [3.05, 3.63) is 0 Å². The Bertz CT molecular complexity index is 471. The first-order chi connectivity index (χ1) is 9.85. The van der Waals surface area contributed by atoms with E-state index < -0.39 is 0 Å². The van der Waals surface area contributed by atoms with Crippen LogP contribution in [0.5, 0.6) is 0 Å². The molecule has 1 aromatic rings. The molecule has 1 aliphatic heterocycles. The van der Waals surface area contributed by atoms with Gasteiger partial charge in [-0.15, -0.1) is 10.2 Å². The maximum Gasteiger partial charge on any atom is 0.175 e. The van der Waals surface area contributed by atoms with E-state index in [-0.39, 0.29) is 6.10 Å². The quantitative estimate of drug-likeness (QED) is 0.762. The number of hydrogen-bond donors (Lipinski definition) is 0. The van der Waals surface area contributed by atoms with Crippen molar-refractivity contribution >= 4 is 40.6 Å². The number of nitrogens with zero attached hydrogens (tertiary/aromatic N) is 3. The van der Waals surface area contributed by atoms with Gasteiger partial charge in [0, 0.05) is 18.1 Å². The molecule has 3 rings (SSSR count). The number of rotatable bonds is 5. The van der Waals surface area contributed by atoms with Crippen molar-refractivity contribution in [2.24, 2.45) is 11.1 Å². The van der Waals surface area contributed by atoms with E-state index in [1.807, 2.05) is 6.26 Å². The lowest BCUT2D eigenvalue weighted by Crippen LogP contribution is -2.19. The summed E-state index contributed by atoms with van der Waals surface area (Å²) in [6.07, 6.45) is 9.95. The minimum Gasteiger partial charge on any atom is -0.391 e. The zero-order valence-corrected chi connectivity index (χ0v) is 14.0. The molecule has 0 radical (unpaired) electrons. The zero-order chi connectivity index (χ0) is 13.8. The van der Waals surface area contributed by atoms with Crippen LogP contribution in [0.2, 0.25) is 0 Å². The predicted molar refractivity (Wildman–Crippen MR) is 85.9 cm³/mol. The van der Waals surface area contributed by atoms with Crippen LogP contribution in [0.1, 0.15) is 38.5 Å². The van der Waals surface area contributed by atoms with Gasteiger partial charge in [-0.3, -0.25) is 0 Å². The Morgan fingerprint density at radius 2 is 2.00 bits per heavy atom. The highest BCUT2D eigenvalue weighted by Crippen LogP contribution is 2.32. The standard InChI is InChI=1S/C13H19N3OS3/c1-18-12-14-15-13(20-12)19-8-10-7-11(16-17-10)9-5-3-2-4-6-9/h9-10H,2-8H2,1H3/t10-/m0/s1. The van der Waals surface area contributed by atoms with Crippen LogP contribution in [0.4, 0.5) is 0 Å². The zero-order valence-electron chi connectivity index (χ0n) is 11.6. The largest absolute Gasteiger partial charge is 0.391 e. The topological polar surface area (TPSA) is 47.4 Å². The van der Waals surface area contributed by atoms with E-state index >= 15 is 0 Å². The maximum absolute atomic E-state index is 5.59. The first kappa shape index (κ1) is 14.7. The highest BCUT2D eigenvalue weighted by Gasteiger charge is 2.28. The van der Waals surface area contributed by atoms with Crippen molar-refractivity contribution in [1.82, 2.24) is 10.2 Å². The van der Waals surface area contributed by atoms with Crippen LogP contribution in [0.3, 0.4) is 0 Å². The molecule has 0 saturated heterocycles. The molecule has 1 fully saturated rings. The van der Waals surface area contributed by atoms with Crippen LogP contribution in [0.15, 0.2) is 13.8 Å². The molecule has 110 valence electrons. The van der Waals surface area contributed by atoms with E-state index in [0.29, 0.717) is 5.92 Å². The highest BCUT2D eigenvalue weighted by molar-refractivity contribution is 8.03. The SMILES string of the molecule is CSc1nnc(SC[C@@H]2CC(C3CCCCC3)=NO2)s1. The summed E-state index contributed by atoms with van der Waals surface area (Å²) in [7, 11) is 0. The van der Waals surface area contributed by atoms with Crippen molar-refractivity contribution in [1.29, 1.82) is 0 Å². The molecule has 1 saturated carbocycles. The molecule has 0 amide bonds. The number of oxime groups is 1. The molecule has 4 nitrogen and oxygen atoms in total. The third-order valence-corrected chi connectivity index (χ3v) is 6.95. The van der Waals surface area contributed by atoms with E-state index in [9.17, 15) is 0 Å². The lowest BCUT2D eigenvalue weighted by molar-refractivity contribution is 0.103. The van der Waals surface area contributed by atoms with E-state index in [1.54, 1.807) is 34.9 Å². The van der Waals surface area contributed by atoms with E-state index in [0.717, 1.165) is 20.9 Å². The van der Waals surface area contributed by atoms with Gasteiger partial charge < -0.3 is 4.84 Å². The van der Waals surface area contributed by atoms with Gasteiger partial charge in [-0.1, -0.05) is 59.3 Å². The van der Waals surface area contributed by atoms with Crippen molar-refractivity contribution in [2.45, 2.75) is 53.3 Å². The second kappa shape index (κ2) is 7.13. The molecule has 7 heteroatoms. The first-order valence-corrected chi connectivity index (χ1v) is 10.1. The van der Waals surface area contributed by atoms with Gasteiger partial charge in [-0.05, 0) is 19.1 Å². The normalized spacial score (nSPS) is 23.6. The predicted octanol–water partition coefficient (Wildman–Crippen LogP) is 4.08. The van der Waals surface area contributed by atoms with Crippen molar-refractivity contribution < 1.29 is 4.84 Å². The lowest BCUT2D eigenvalue weighted by atomic mass is 9.84.